The van der Waals surface area contributed by atoms with Gasteiger partial charge in [0.2, 0.25) is 0 Å². The smallest absolute Gasteiger partial charge is 0.113 e. The molecule has 0 saturated heterocycles. The number of nitroso groups, excluding NO2 is 1. The third kappa shape index (κ3) is 2.29. The van der Waals surface area contributed by atoms with Crippen LogP contribution in [-0.4, -0.2) is 6.04 Å². The molecule has 0 aromatic carbocycles. The first-order valence-corrected chi connectivity index (χ1v) is 3.59. The number of rotatable bonds is 3. The molecular formula is C8H15NO. The monoisotopic (exact) mass is 141 g/mol. The molecule has 0 spiro atoms. The summed E-state index contributed by atoms with van der Waals surface area (Å²) in [4.78, 5) is 10.2. The molecule has 0 bridgehead atoms. The minimum Gasteiger partial charge on any atom is -0.150 e. The molecular weight excluding hydrogens is 126 g/mol. The predicted octanol–water partition coefficient (Wildman–Crippen LogP) is 2.89. The summed E-state index contributed by atoms with van der Waals surface area (Å²) in [5, 5.41) is 3.02. The van der Waals surface area contributed by atoms with Crippen LogP contribution in [0.5, 0.6) is 0 Å². The van der Waals surface area contributed by atoms with Crippen molar-refractivity contribution in [1.82, 2.24) is 0 Å². The molecule has 0 aromatic heterocycles. The Morgan fingerprint density at radius 1 is 1.40 bits per heavy atom. The Hall–Kier alpha value is -0.660. The van der Waals surface area contributed by atoms with E-state index < -0.39 is 0 Å². The maximum Gasteiger partial charge on any atom is 0.113 e. The lowest BCUT2D eigenvalue weighted by Gasteiger charge is -2.07. The Morgan fingerprint density at radius 3 is 2.00 bits per heavy atom. The summed E-state index contributed by atoms with van der Waals surface area (Å²) in [6, 6.07) is -0.106. The summed E-state index contributed by atoms with van der Waals surface area (Å²) in [5.74, 6) is 0. The molecule has 1 unspecified atom stereocenters. The largest absolute Gasteiger partial charge is 0.150 e. The predicted molar refractivity (Wildman–Crippen MR) is 43.9 cm³/mol. The van der Waals surface area contributed by atoms with E-state index in [1.807, 2.05) is 27.7 Å². The van der Waals surface area contributed by atoms with Crippen LogP contribution in [0.3, 0.4) is 0 Å². The van der Waals surface area contributed by atoms with E-state index in [4.69, 9.17) is 0 Å². The quantitative estimate of drug-likeness (QED) is 0.439. The van der Waals surface area contributed by atoms with Crippen molar-refractivity contribution in [1.29, 1.82) is 0 Å². The van der Waals surface area contributed by atoms with E-state index in [2.05, 4.69) is 5.18 Å². The summed E-state index contributed by atoms with van der Waals surface area (Å²) in [7, 11) is 0. The Balaban J connectivity index is 4.29. The van der Waals surface area contributed by atoms with Gasteiger partial charge in [0, 0.05) is 0 Å². The van der Waals surface area contributed by atoms with Crippen molar-refractivity contribution < 1.29 is 0 Å². The van der Waals surface area contributed by atoms with Gasteiger partial charge in [0.05, 0.1) is 0 Å². The Bertz CT molecular complexity index is 145. The second kappa shape index (κ2) is 4.20. The second-order valence-corrected chi connectivity index (χ2v) is 2.71. The van der Waals surface area contributed by atoms with Crippen molar-refractivity contribution in [3.05, 3.63) is 16.1 Å². The summed E-state index contributed by atoms with van der Waals surface area (Å²) in [5.41, 5.74) is 2.31. The molecule has 0 rings (SSSR count). The molecule has 2 heteroatoms. The maximum atomic E-state index is 10.2. The van der Waals surface area contributed by atoms with Crippen molar-refractivity contribution in [2.24, 2.45) is 5.18 Å². The molecule has 0 aliphatic carbocycles. The lowest BCUT2D eigenvalue weighted by molar-refractivity contribution is 0.727. The zero-order valence-electron chi connectivity index (χ0n) is 7.14. The first kappa shape index (κ1) is 9.34. The van der Waals surface area contributed by atoms with E-state index in [-0.39, 0.29) is 6.04 Å². The van der Waals surface area contributed by atoms with Crippen LogP contribution in [0.15, 0.2) is 16.3 Å². The van der Waals surface area contributed by atoms with Gasteiger partial charge in [-0.3, -0.25) is 0 Å². The Kier molecular flexibility index (Phi) is 3.93. The average Bonchev–Trinajstić information content (AvgIpc) is 1.90. The Labute approximate surface area is 62.3 Å². The molecule has 0 aliphatic rings. The highest BCUT2D eigenvalue weighted by Gasteiger charge is 2.07. The summed E-state index contributed by atoms with van der Waals surface area (Å²) in [6.45, 7) is 7.94. The van der Waals surface area contributed by atoms with Gasteiger partial charge in [0.25, 0.3) is 0 Å². The van der Waals surface area contributed by atoms with Crippen LogP contribution < -0.4 is 0 Å². The molecule has 58 valence electrons. The molecule has 0 amide bonds. The third-order valence-electron chi connectivity index (χ3n) is 1.80. The number of hydrogen-bond acceptors (Lipinski definition) is 2. The molecule has 2 nitrogen and oxygen atoms in total. The molecule has 0 N–H and O–H groups in total. The van der Waals surface area contributed by atoms with E-state index in [1.54, 1.807) is 0 Å². The van der Waals surface area contributed by atoms with Gasteiger partial charge in [0.1, 0.15) is 6.04 Å². The minimum atomic E-state index is -0.106. The van der Waals surface area contributed by atoms with Gasteiger partial charge in [-0.1, -0.05) is 17.7 Å². The maximum absolute atomic E-state index is 10.2. The lowest BCUT2D eigenvalue weighted by atomic mass is 10.0. The van der Waals surface area contributed by atoms with Crippen LogP contribution in [0.2, 0.25) is 0 Å². The van der Waals surface area contributed by atoms with Crippen LogP contribution in [0, 0.1) is 4.91 Å². The van der Waals surface area contributed by atoms with E-state index in [9.17, 15) is 4.91 Å². The highest BCUT2D eigenvalue weighted by molar-refractivity contribution is 5.13. The molecule has 1 atom stereocenters. The van der Waals surface area contributed by atoms with Gasteiger partial charge in [-0.25, -0.2) is 0 Å². The van der Waals surface area contributed by atoms with Crippen molar-refractivity contribution in [3.8, 4) is 0 Å². The van der Waals surface area contributed by atoms with Crippen molar-refractivity contribution in [2.45, 2.75) is 40.2 Å². The normalized spacial score (nSPS) is 12.4. The van der Waals surface area contributed by atoms with Gasteiger partial charge in [0.15, 0.2) is 0 Å². The zero-order chi connectivity index (χ0) is 8.15. The summed E-state index contributed by atoms with van der Waals surface area (Å²) >= 11 is 0. The molecule has 0 saturated carbocycles. The highest BCUT2D eigenvalue weighted by Crippen LogP contribution is 2.13. The fourth-order valence-corrected chi connectivity index (χ4v) is 0.793. The second-order valence-electron chi connectivity index (χ2n) is 2.71. The van der Waals surface area contributed by atoms with Crippen LogP contribution in [-0.2, 0) is 0 Å². The molecule has 10 heavy (non-hydrogen) atoms. The van der Waals surface area contributed by atoms with E-state index >= 15 is 0 Å². The minimum absolute atomic E-state index is 0.106. The Morgan fingerprint density at radius 2 is 1.90 bits per heavy atom. The van der Waals surface area contributed by atoms with Crippen molar-refractivity contribution in [2.75, 3.05) is 0 Å². The fourth-order valence-electron chi connectivity index (χ4n) is 0.793. The third-order valence-corrected chi connectivity index (χ3v) is 1.80. The number of hydrogen-bond donors (Lipinski definition) is 0. The standard InChI is InChI=1S/C8H15NO/c1-5-8(9-10)7(4)6(2)3/h8H,5H2,1-4H3. The van der Waals surface area contributed by atoms with Gasteiger partial charge in [-0.15, -0.1) is 0 Å². The SMILES string of the molecule is CCC(N=O)C(C)=C(C)C. The molecule has 0 aromatic rings. The average molecular weight is 141 g/mol. The summed E-state index contributed by atoms with van der Waals surface area (Å²) < 4.78 is 0. The van der Waals surface area contributed by atoms with E-state index in [0.29, 0.717) is 0 Å². The van der Waals surface area contributed by atoms with Crippen molar-refractivity contribution in [3.63, 3.8) is 0 Å². The molecule has 0 radical (unpaired) electrons. The lowest BCUT2D eigenvalue weighted by Crippen LogP contribution is -2.04. The number of nitrogens with zero attached hydrogens (tertiary/aromatic N) is 1. The highest BCUT2D eigenvalue weighted by atomic mass is 16.3. The zero-order valence-corrected chi connectivity index (χ0v) is 7.14. The molecule has 0 heterocycles. The van der Waals surface area contributed by atoms with Gasteiger partial charge in [-0.2, -0.15) is 4.91 Å². The van der Waals surface area contributed by atoms with Gasteiger partial charge in [-0.05, 0) is 32.8 Å². The van der Waals surface area contributed by atoms with Crippen LogP contribution in [0.4, 0.5) is 0 Å². The fraction of sp³-hybridized carbons (Fsp3) is 0.750. The van der Waals surface area contributed by atoms with E-state index in [0.717, 1.165) is 12.0 Å². The van der Waals surface area contributed by atoms with Gasteiger partial charge < -0.3 is 0 Å². The van der Waals surface area contributed by atoms with E-state index in [1.165, 1.54) is 5.57 Å². The molecule has 0 fully saturated rings. The van der Waals surface area contributed by atoms with Crippen LogP contribution >= 0.6 is 0 Å². The summed E-state index contributed by atoms with van der Waals surface area (Å²) in [6.07, 6.45) is 0.806. The van der Waals surface area contributed by atoms with Crippen molar-refractivity contribution >= 4 is 0 Å². The van der Waals surface area contributed by atoms with Crippen LogP contribution in [0.25, 0.3) is 0 Å². The van der Waals surface area contributed by atoms with Crippen LogP contribution in [0.1, 0.15) is 34.1 Å². The first-order chi connectivity index (χ1) is 4.63. The van der Waals surface area contributed by atoms with Gasteiger partial charge >= 0.3 is 0 Å². The number of allylic oxidation sites excluding steroid dienone is 1. The first-order valence-electron chi connectivity index (χ1n) is 3.59. The topological polar surface area (TPSA) is 29.4 Å². The molecule has 0 aliphatic heterocycles.